The Hall–Kier alpha value is -1.87. The van der Waals surface area contributed by atoms with Crippen molar-refractivity contribution in [2.24, 2.45) is 0 Å². The van der Waals surface area contributed by atoms with Crippen LogP contribution >= 0.6 is 23.5 Å². The van der Waals surface area contributed by atoms with Gasteiger partial charge in [0.25, 0.3) is 5.56 Å². The van der Waals surface area contributed by atoms with Crippen molar-refractivity contribution in [2.75, 3.05) is 5.32 Å². The summed E-state index contributed by atoms with van der Waals surface area (Å²) in [6.45, 7) is 1.61. The highest BCUT2D eigenvalue weighted by atomic mass is 32.2. The van der Waals surface area contributed by atoms with Gasteiger partial charge in [0.15, 0.2) is 5.16 Å². The molecule has 0 saturated heterocycles. The van der Waals surface area contributed by atoms with Gasteiger partial charge in [0, 0.05) is 23.1 Å². The monoisotopic (exact) mass is 369 g/mol. The highest BCUT2D eigenvalue weighted by Gasteiger charge is 2.21. The molecule has 2 aromatic rings. The van der Waals surface area contributed by atoms with Crippen molar-refractivity contribution in [1.29, 1.82) is 0 Å². The third-order valence-electron chi connectivity index (χ3n) is 3.41. The van der Waals surface area contributed by atoms with Crippen LogP contribution in [0.1, 0.15) is 18.2 Å². The second-order valence-electron chi connectivity index (χ2n) is 5.16. The first-order valence-corrected chi connectivity index (χ1v) is 9.10. The van der Waals surface area contributed by atoms with Crippen LogP contribution in [0, 0.1) is 11.6 Å². The first-order chi connectivity index (χ1) is 11.4. The van der Waals surface area contributed by atoms with Gasteiger partial charge in [-0.25, -0.2) is 13.8 Å². The third-order valence-corrected chi connectivity index (χ3v) is 5.37. The van der Waals surface area contributed by atoms with Crippen molar-refractivity contribution in [3.63, 3.8) is 0 Å². The zero-order chi connectivity index (χ0) is 17.3. The molecule has 5 nitrogen and oxygen atoms in total. The molecule has 1 aliphatic heterocycles. The lowest BCUT2D eigenvalue weighted by Crippen LogP contribution is -2.24. The summed E-state index contributed by atoms with van der Waals surface area (Å²) in [5, 5.41) is 2.13. The molecular formula is C15H13F2N3O2S2. The summed E-state index contributed by atoms with van der Waals surface area (Å²) < 4.78 is 26.5. The van der Waals surface area contributed by atoms with E-state index in [2.05, 4.69) is 15.3 Å². The molecule has 3 rings (SSSR count). The number of hydrogen-bond donors (Lipinski definition) is 2. The van der Waals surface area contributed by atoms with Gasteiger partial charge < -0.3 is 10.3 Å². The van der Waals surface area contributed by atoms with Gasteiger partial charge >= 0.3 is 0 Å². The van der Waals surface area contributed by atoms with E-state index in [1.807, 2.05) is 0 Å². The predicted molar refractivity (Wildman–Crippen MR) is 90.2 cm³/mol. The number of carbonyl (C=O) groups excluding carboxylic acids is 1. The van der Waals surface area contributed by atoms with E-state index in [1.54, 1.807) is 18.7 Å². The number of halogens is 2. The number of nitrogens with one attached hydrogen (secondary N) is 2. The fourth-order valence-electron chi connectivity index (χ4n) is 2.14. The molecule has 0 spiro atoms. The Morgan fingerprint density at radius 2 is 2.21 bits per heavy atom. The fraction of sp³-hybridized carbons (Fsp3) is 0.267. The largest absolute Gasteiger partial charge is 0.323 e. The molecule has 126 valence electrons. The Labute approximate surface area is 144 Å². The minimum absolute atomic E-state index is 0.0966. The topological polar surface area (TPSA) is 74.8 Å². The van der Waals surface area contributed by atoms with E-state index in [0.29, 0.717) is 28.3 Å². The predicted octanol–water partition coefficient (Wildman–Crippen LogP) is 2.91. The van der Waals surface area contributed by atoms with Crippen LogP contribution in [-0.2, 0) is 16.3 Å². The highest BCUT2D eigenvalue weighted by molar-refractivity contribution is 8.00. The maximum Gasteiger partial charge on any atom is 0.255 e. The SMILES string of the molecule is CC(Sc1nc2c(c(=O)[nH]1)CSC2)C(=O)Nc1ccc(F)cc1F. The van der Waals surface area contributed by atoms with Crippen LogP contribution in [0.5, 0.6) is 0 Å². The van der Waals surface area contributed by atoms with Gasteiger partial charge in [0.2, 0.25) is 5.91 Å². The van der Waals surface area contributed by atoms with E-state index in [4.69, 9.17) is 0 Å². The lowest BCUT2D eigenvalue weighted by Gasteiger charge is -2.12. The summed E-state index contributed by atoms with van der Waals surface area (Å²) >= 11 is 2.69. The number of hydrogen-bond acceptors (Lipinski definition) is 5. The van der Waals surface area contributed by atoms with Crippen molar-refractivity contribution in [3.05, 3.63) is 51.4 Å². The third kappa shape index (κ3) is 3.62. The average molecular weight is 369 g/mol. The van der Waals surface area contributed by atoms with Gasteiger partial charge in [0.1, 0.15) is 11.6 Å². The number of H-pyrrole nitrogens is 1. The Bertz CT molecular complexity index is 857. The molecule has 9 heteroatoms. The number of fused-ring (bicyclic) bond motifs is 1. The van der Waals surface area contributed by atoms with Crippen LogP contribution < -0.4 is 10.9 Å². The zero-order valence-electron chi connectivity index (χ0n) is 12.6. The molecule has 2 N–H and O–H groups in total. The molecule has 0 aliphatic carbocycles. The molecule has 0 bridgehead atoms. The molecule has 1 aromatic carbocycles. The molecule has 1 unspecified atom stereocenters. The van der Waals surface area contributed by atoms with E-state index in [-0.39, 0.29) is 11.2 Å². The van der Waals surface area contributed by atoms with E-state index in [0.717, 1.165) is 29.6 Å². The zero-order valence-corrected chi connectivity index (χ0v) is 14.2. The van der Waals surface area contributed by atoms with Gasteiger partial charge in [-0.05, 0) is 19.1 Å². The molecule has 24 heavy (non-hydrogen) atoms. The van der Waals surface area contributed by atoms with Crippen molar-refractivity contribution in [2.45, 2.75) is 28.8 Å². The van der Waals surface area contributed by atoms with Gasteiger partial charge in [-0.2, -0.15) is 11.8 Å². The van der Waals surface area contributed by atoms with Gasteiger partial charge in [0.05, 0.1) is 16.6 Å². The highest BCUT2D eigenvalue weighted by Crippen LogP contribution is 2.28. The van der Waals surface area contributed by atoms with Gasteiger partial charge in [-0.1, -0.05) is 11.8 Å². The number of benzene rings is 1. The maximum absolute atomic E-state index is 13.6. The minimum atomic E-state index is -0.846. The Morgan fingerprint density at radius 3 is 2.96 bits per heavy atom. The number of anilines is 1. The molecule has 2 heterocycles. The van der Waals surface area contributed by atoms with E-state index in [1.165, 1.54) is 0 Å². The van der Waals surface area contributed by atoms with Crippen LogP contribution in [0.3, 0.4) is 0 Å². The second-order valence-corrected chi connectivity index (χ2v) is 7.48. The lowest BCUT2D eigenvalue weighted by molar-refractivity contribution is -0.115. The van der Waals surface area contributed by atoms with Crippen LogP contribution in [0.15, 0.2) is 28.2 Å². The van der Waals surface area contributed by atoms with Crippen molar-refractivity contribution in [3.8, 4) is 0 Å². The average Bonchev–Trinajstić information content (AvgIpc) is 2.99. The summed E-state index contributed by atoms with van der Waals surface area (Å²) in [7, 11) is 0. The number of aromatic nitrogens is 2. The summed E-state index contributed by atoms with van der Waals surface area (Å²) in [6.07, 6.45) is 0. The standard InChI is InChI=1S/C15H13F2N3O2S2/c1-7(13(21)18-11-3-2-8(16)4-10(11)17)24-15-19-12-6-23-5-9(12)14(22)20-15/h2-4,7H,5-6H2,1H3,(H,18,21)(H,19,20,22). The van der Waals surface area contributed by atoms with Crippen LogP contribution in [0.25, 0.3) is 0 Å². The summed E-state index contributed by atoms with van der Waals surface area (Å²) in [6, 6.07) is 2.92. The summed E-state index contributed by atoms with van der Waals surface area (Å²) in [5.41, 5.74) is 1.13. The molecule has 1 aliphatic rings. The van der Waals surface area contributed by atoms with Crippen molar-refractivity contribution in [1.82, 2.24) is 9.97 Å². The first-order valence-electron chi connectivity index (χ1n) is 7.06. The van der Waals surface area contributed by atoms with Crippen LogP contribution in [-0.4, -0.2) is 21.1 Å². The Balaban J connectivity index is 1.70. The molecule has 0 radical (unpaired) electrons. The normalized spacial score (nSPS) is 14.3. The van der Waals surface area contributed by atoms with Crippen molar-refractivity contribution >= 4 is 35.1 Å². The smallest absolute Gasteiger partial charge is 0.255 e. The lowest BCUT2D eigenvalue weighted by atomic mass is 10.3. The Morgan fingerprint density at radius 1 is 1.42 bits per heavy atom. The number of amides is 1. The number of rotatable bonds is 4. The number of aromatic amines is 1. The molecule has 1 atom stereocenters. The fourth-order valence-corrected chi connectivity index (χ4v) is 3.99. The molecule has 0 fully saturated rings. The maximum atomic E-state index is 13.6. The van der Waals surface area contributed by atoms with Gasteiger partial charge in [-0.15, -0.1) is 0 Å². The number of nitrogens with zero attached hydrogens (tertiary/aromatic N) is 1. The quantitative estimate of drug-likeness (QED) is 0.640. The van der Waals surface area contributed by atoms with Crippen LogP contribution in [0.2, 0.25) is 0 Å². The number of carbonyl (C=O) groups is 1. The van der Waals surface area contributed by atoms with E-state index >= 15 is 0 Å². The summed E-state index contributed by atoms with van der Waals surface area (Å²) in [4.78, 5) is 31.1. The van der Waals surface area contributed by atoms with Crippen molar-refractivity contribution < 1.29 is 13.6 Å². The molecular weight excluding hydrogens is 356 g/mol. The van der Waals surface area contributed by atoms with E-state index < -0.39 is 22.8 Å². The molecule has 0 saturated carbocycles. The minimum Gasteiger partial charge on any atom is -0.323 e. The Kier molecular flexibility index (Phi) is 4.91. The molecule has 1 amide bonds. The van der Waals surface area contributed by atoms with E-state index in [9.17, 15) is 18.4 Å². The second kappa shape index (κ2) is 6.94. The first kappa shape index (κ1) is 17.0. The molecule has 1 aromatic heterocycles. The van der Waals surface area contributed by atoms with Gasteiger partial charge in [-0.3, -0.25) is 9.59 Å². The number of thioether (sulfide) groups is 2. The summed E-state index contributed by atoms with van der Waals surface area (Å²) in [5.74, 6) is -0.716. The van der Waals surface area contributed by atoms with Crippen LogP contribution in [0.4, 0.5) is 14.5 Å².